The van der Waals surface area contributed by atoms with Gasteiger partial charge in [0.15, 0.2) is 11.6 Å². The maximum absolute atomic E-state index is 13.3. The summed E-state index contributed by atoms with van der Waals surface area (Å²) in [6.07, 6.45) is -4.57. The van der Waals surface area contributed by atoms with Crippen molar-refractivity contribution in [2.24, 2.45) is 0 Å². The summed E-state index contributed by atoms with van der Waals surface area (Å²) in [4.78, 5) is 11.0. The van der Waals surface area contributed by atoms with E-state index in [-0.39, 0.29) is 0 Å². The van der Waals surface area contributed by atoms with E-state index in [4.69, 9.17) is 0 Å². The van der Waals surface area contributed by atoms with E-state index in [1.807, 2.05) is 0 Å². The average molecular weight is 269 g/mol. The molecule has 0 saturated heterocycles. The number of ether oxygens (including phenoxy) is 1. The van der Waals surface area contributed by atoms with Crippen LogP contribution in [0.1, 0.15) is 10.4 Å². The van der Waals surface area contributed by atoms with Crippen molar-refractivity contribution in [1.29, 1.82) is 0 Å². The lowest BCUT2D eigenvalue weighted by atomic mass is 10.2. The largest absolute Gasteiger partial charge is 0.465 e. The van der Waals surface area contributed by atoms with Crippen molar-refractivity contribution >= 4 is 11.7 Å². The first kappa shape index (κ1) is 14.2. The molecule has 1 aromatic carbocycles. The smallest absolute Gasteiger partial charge is 0.405 e. The number of esters is 1. The van der Waals surface area contributed by atoms with Crippen LogP contribution in [0.15, 0.2) is 12.1 Å². The minimum absolute atomic E-state index is 0.683. The minimum atomic E-state index is -4.57. The van der Waals surface area contributed by atoms with Crippen LogP contribution < -0.4 is 5.32 Å². The van der Waals surface area contributed by atoms with Crippen molar-refractivity contribution in [3.8, 4) is 0 Å². The first-order valence-electron chi connectivity index (χ1n) is 4.63. The highest BCUT2D eigenvalue weighted by atomic mass is 19.4. The van der Waals surface area contributed by atoms with Gasteiger partial charge < -0.3 is 10.1 Å². The normalized spacial score (nSPS) is 11.2. The number of hydrogen-bond acceptors (Lipinski definition) is 3. The molecule has 1 rings (SSSR count). The summed E-state index contributed by atoms with van der Waals surface area (Å²) in [6, 6.07) is 1.67. The van der Waals surface area contributed by atoms with Crippen molar-refractivity contribution in [2.75, 3.05) is 19.0 Å². The third-order valence-corrected chi connectivity index (χ3v) is 1.97. The Bertz CT molecular complexity index is 458. The maximum atomic E-state index is 13.3. The summed E-state index contributed by atoms with van der Waals surface area (Å²) in [5.41, 5.74) is -1.37. The number of carbonyl (C=O) groups is 1. The van der Waals surface area contributed by atoms with Crippen molar-refractivity contribution in [3.63, 3.8) is 0 Å². The van der Waals surface area contributed by atoms with Crippen molar-refractivity contribution in [2.45, 2.75) is 6.18 Å². The molecule has 1 aromatic rings. The third kappa shape index (κ3) is 3.31. The van der Waals surface area contributed by atoms with E-state index in [0.717, 1.165) is 19.2 Å². The topological polar surface area (TPSA) is 38.3 Å². The van der Waals surface area contributed by atoms with Crippen molar-refractivity contribution < 1.29 is 31.5 Å². The number of nitrogens with one attached hydrogen (secondary N) is 1. The van der Waals surface area contributed by atoms with E-state index >= 15 is 0 Å². The molecule has 0 saturated carbocycles. The van der Waals surface area contributed by atoms with Gasteiger partial charge in [-0.15, -0.1) is 0 Å². The van der Waals surface area contributed by atoms with E-state index < -0.39 is 41.6 Å². The molecule has 0 bridgehead atoms. The molecule has 0 radical (unpaired) electrons. The molecular weight excluding hydrogens is 261 g/mol. The molecule has 0 unspecified atom stereocenters. The van der Waals surface area contributed by atoms with Crippen LogP contribution in [0.5, 0.6) is 0 Å². The Morgan fingerprint density at radius 1 is 1.28 bits per heavy atom. The van der Waals surface area contributed by atoms with Gasteiger partial charge in [0.2, 0.25) is 0 Å². The molecule has 0 aliphatic heterocycles. The number of hydrogen-bond donors (Lipinski definition) is 1. The Balaban J connectivity index is 2.98. The first-order valence-corrected chi connectivity index (χ1v) is 4.63. The second-order valence-electron chi connectivity index (χ2n) is 3.25. The van der Waals surface area contributed by atoms with E-state index in [2.05, 4.69) is 4.74 Å². The van der Waals surface area contributed by atoms with E-state index in [1.54, 1.807) is 5.32 Å². The van der Waals surface area contributed by atoms with Gasteiger partial charge >= 0.3 is 12.1 Å². The number of anilines is 1. The molecule has 0 aliphatic rings. The standard InChI is InChI=1S/C10H8F5NO2/c1-18-9(17)5-2-3-6(8(12)7(5)11)16-4-10(13,14)15/h2-3,16H,4H2,1H3. The molecule has 3 nitrogen and oxygen atoms in total. The van der Waals surface area contributed by atoms with Crippen molar-refractivity contribution in [1.82, 2.24) is 0 Å². The molecule has 8 heteroatoms. The Morgan fingerprint density at radius 3 is 2.39 bits per heavy atom. The lowest BCUT2D eigenvalue weighted by molar-refractivity contribution is -0.115. The predicted molar refractivity (Wildman–Crippen MR) is 52.2 cm³/mol. The van der Waals surface area contributed by atoms with Crippen LogP contribution in [-0.4, -0.2) is 25.8 Å². The molecule has 18 heavy (non-hydrogen) atoms. The summed E-state index contributed by atoms with van der Waals surface area (Å²) in [5.74, 6) is -4.25. The number of rotatable bonds is 3. The SMILES string of the molecule is COC(=O)c1ccc(NCC(F)(F)F)c(F)c1F. The maximum Gasteiger partial charge on any atom is 0.405 e. The average Bonchev–Trinajstić information content (AvgIpc) is 2.29. The monoisotopic (exact) mass is 269 g/mol. The van der Waals surface area contributed by atoms with Gasteiger partial charge in [0, 0.05) is 0 Å². The van der Waals surface area contributed by atoms with Crippen LogP contribution in [-0.2, 0) is 4.74 Å². The molecule has 1 N–H and O–H groups in total. The lowest BCUT2D eigenvalue weighted by Crippen LogP contribution is -2.22. The van der Waals surface area contributed by atoms with Gasteiger partial charge in [0.05, 0.1) is 18.4 Å². The van der Waals surface area contributed by atoms with E-state index in [9.17, 15) is 26.7 Å². The second-order valence-corrected chi connectivity index (χ2v) is 3.25. The first-order chi connectivity index (χ1) is 8.26. The van der Waals surface area contributed by atoms with Gasteiger partial charge in [-0.2, -0.15) is 13.2 Å². The molecule has 100 valence electrons. The highest BCUT2D eigenvalue weighted by molar-refractivity contribution is 5.90. The highest BCUT2D eigenvalue weighted by Gasteiger charge is 2.28. The van der Waals surface area contributed by atoms with Gasteiger partial charge in [-0.25, -0.2) is 13.6 Å². The predicted octanol–water partition coefficient (Wildman–Crippen LogP) is 2.73. The fraction of sp³-hybridized carbons (Fsp3) is 0.300. The molecule has 0 amide bonds. The number of benzene rings is 1. The summed E-state index contributed by atoms with van der Waals surface area (Å²) in [6.45, 7) is -1.51. The zero-order valence-electron chi connectivity index (χ0n) is 9.07. The van der Waals surface area contributed by atoms with Crippen LogP contribution in [0.3, 0.4) is 0 Å². The fourth-order valence-electron chi connectivity index (χ4n) is 1.15. The number of halogens is 5. The van der Waals surface area contributed by atoms with Crippen LogP contribution in [0.2, 0.25) is 0 Å². The molecule has 0 aromatic heterocycles. The molecule has 0 fully saturated rings. The highest BCUT2D eigenvalue weighted by Crippen LogP contribution is 2.23. The fourth-order valence-corrected chi connectivity index (χ4v) is 1.15. The van der Waals surface area contributed by atoms with Gasteiger partial charge in [-0.1, -0.05) is 0 Å². The van der Waals surface area contributed by atoms with Crippen LogP contribution in [0.4, 0.5) is 27.6 Å². The molecule has 0 atom stereocenters. The number of carbonyl (C=O) groups excluding carboxylic acids is 1. The van der Waals surface area contributed by atoms with Crippen molar-refractivity contribution in [3.05, 3.63) is 29.3 Å². The Hall–Kier alpha value is -1.86. The summed E-state index contributed by atoms with van der Waals surface area (Å²) >= 11 is 0. The summed E-state index contributed by atoms with van der Waals surface area (Å²) in [5, 5.41) is 1.69. The quantitative estimate of drug-likeness (QED) is 0.677. The van der Waals surface area contributed by atoms with Gasteiger partial charge in [-0.3, -0.25) is 0 Å². The van der Waals surface area contributed by atoms with Crippen LogP contribution in [0, 0.1) is 11.6 Å². The summed E-state index contributed by atoms with van der Waals surface area (Å²) < 4.78 is 66.5. The lowest BCUT2D eigenvalue weighted by Gasteiger charge is -2.11. The number of alkyl halides is 3. The second kappa shape index (κ2) is 5.19. The van der Waals surface area contributed by atoms with Gasteiger partial charge in [-0.05, 0) is 12.1 Å². The molecule has 0 heterocycles. The summed E-state index contributed by atoms with van der Waals surface area (Å²) in [7, 11) is 0.968. The van der Waals surface area contributed by atoms with E-state index in [0.29, 0.717) is 0 Å². The van der Waals surface area contributed by atoms with Crippen LogP contribution >= 0.6 is 0 Å². The third-order valence-electron chi connectivity index (χ3n) is 1.97. The van der Waals surface area contributed by atoms with Gasteiger partial charge in [0.25, 0.3) is 0 Å². The zero-order valence-corrected chi connectivity index (χ0v) is 9.07. The molecule has 0 aliphatic carbocycles. The molecular formula is C10H8F5NO2. The molecule has 0 spiro atoms. The Kier molecular flexibility index (Phi) is 4.10. The Labute approximate surface area is 98.5 Å². The van der Waals surface area contributed by atoms with Crippen LogP contribution in [0.25, 0.3) is 0 Å². The van der Waals surface area contributed by atoms with E-state index in [1.165, 1.54) is 0 Å². The zero-order chi connectivity index (χ0) is 13.9. The van der Waals surface area contributed by atoms with Gasteiger partial charge in [0.1, 0.15) is 6.54 Å². The number of methoxy groups -OCH3 is 1. The minimum Gasteiger partial charge on any atom is -0.465 e. The Morgan fingerprint density at radius 2 is 1.89 bits per heavy atom.